The van der Waals surface area contributed by atoms with Crippen molar-refractivity contribution in [3.05, 3.63) is 64.7 Å². The molecule has 1 aliphatic rings. The van der Waals surface area contributed by atoms with Gasteiger partial charge < -0.3 is 20.3 Å². The fourth-order valence-corrected chi connectivity index (χ4v) is 3.28. The Bertz CT molecular complexity index is 765. The molecule has 0 saturated carbocycles. The molecule has 0 radical (unpaired) electrons. The van der Waals surface area contributed by atoms with E-state index < -0.39 is 0 Å². The topological polar surface area (TPSA) is 53.6 Å². The molecule has 160 valence electrons. The number of carbonyl (C=O) groups excluding carboxylic acids is 1. The van der Waals surface area contributed by atoms with Gasteiger partial charge in [0.2, 0.25) is 0 Å². The highest BCUT2D eigenvalue weighted by molar-refractivity contribution is 5.94. The zero-order chi connectivity index (χ0) is 19.1. The quantitative estimate of drug-likeness (QED) is 0.623. The number of nitrogens with one attached hydrogen (secondary N) is 2. The van der Waals surface area contributed by atoms with Gasteiger partial charge in [-0.3, -0.25) is 4.79 Å². The predicted molar refractivity (Wildman–Crippen MR) is 122 cm³/mol. The number of amides is 1. The second-order valence-corrected chi connectivity index (χ2v) is 6.79. The molecule has 1 aliphatic heterocycles. The summed E-state index contributed by atoms with van der Waals surface area (Å²) in [5.41, 5.74) is 4.45. The first-order valence-electron chi connectivity index (χ1n) is 9.74. The lowest BCUT2D eigenvalue weighted by atomic mass is 10.1. The van der Waals surface area contributed by atoms with Crippen molar-refractivity contribution >= 4 is 30.7 Å². The Balaban J connectivity index is 0.00000210. The molecule has 0 bridgehead atoms. The predicted octanol–water partition coefficient (Wildman–Crippen LogP) is 3.78. The van der Waals surface area contributed by atoms with E-state index >= 15 is 0 Å². The summed E-state index contributed by atoms with van der Waals surface area (Å²) >= 11 is 0. The van der Waals surface area contributed by atoms with Gasteiger partial charge in [-0.05, 0) is 54.0 Å². The van der Waals surface area contributed by atoms with Gasteiger partial charge in [-0.15, -0.1) is 24.8 Å². The van der Waals surface area contributed by atoms with Crippen molar-refractivity contribution in [3.8, 4) is 5.75 Å². The number of ether oxygens (including phenoxy) is 1. The van der Waals surface area contributed by atoms with Gasteiger partial charge in [0, 0.05) is 31.7 Å². The van der Waals surface area contributed by atoms with E-state index in [2.05, 4.69) is 47.6 Å². The van der Waals surface area contributed by atoms with E-state index in [1.807, 2.05) is 24.3 Å². The third-order valence-electron chi connectivity index (χ3n) is 5.04. The summed E-state index contributed by atoms with van der Waals surface area (Å²) in [5.74, 6) is 0.730. The Morgan fingerprint density at radius 2 is 1.72 bits per heavy atom. The van der Waals surface area contributed by atoms with E-state index in [1.165, 1.54) is 11.1 Å². The first-order valence-corrected chi connectivity index (χ1v) is 9.74. The molecule has 29 heavy (non-hydrogen) atoms. The Hall–Kier alpha value is -1.79. The lowest BCUT2D eigenvalue weighted by molar-refractivity contribution is 0.0951. The molecule has 0 aliphatic carbocycles. The van der Waals surface area contributed by atoms with Crippen LogP contribution in [0.5, 0.6) is 5.75 Å². The SMILES string of the molecule is CCN(CC)CCOc1ccc(C(=O)NCc2ccc3c(c2)CNC3)cc1.Cl.Cl. The minimum atomic E-state index is -0.0664. The van der Waals surface area contributed by atoms with Crippen LogP contribution in [0.3, 0.4) is 0 Å². The van der Waals surface area contributed by atoms with Crippen molar-refractivity contribution in [1.29, 1.82) is 0 Å². The van der Waals surface area contributed by atoms with Crippen LogP contribution in [0.4, 0.5) is 0 Å². The first-order chi connectivity index (χ1) is 13.2. The number of halogens is 2. The highest BCUT2D eigenvalue weighted by atomic mass is 35.5. The van der Waals surface area contributed by atoms with Crippen molar-refractivity contribution in [3.63, 3.8) is 0 Å². The average molecular weight is 440 g/mol. The Kier molecular flexibility index (Phi) is 11.1. The third-order valence-corrected chi connectivity index (χ3v) is 5.04. The largest absolute Gasteiger partial charge is 0.492 e. The smallest absolute Gasteiger partial charge is 0.251 e. The van der Waals surface area contributed by atoms with Crippen LogP contribution in [-0.2, 0) is 19.6 Å². The van der Waals surface area contributed by atoms with Crippen molar-refractivity contribution < 1.29 is 9.53 Å². The summed E-state index contributed by atoms with van der Waals surface area (Å²) < 4.78 is 5.77. The summed E-state index contributed by atoms with van der Waals surface area (Å²) in [6.07, 6.45) is 0. The van der Waals surface area contributed by atoms with Gasteiger partial charge in [0.1, 0.15) is 12.4 Å². The summed E-state index contributed by atoms with van der Waals surface area (Å²) in [6, 6.07) is 13.7. The molecule has 2 N–H and O–H groups in total. The first kappa shape index (κ1) is 25.2. The monoisotopic (exact) mass is 439 g/mol. The molecule has 5 nitrogen and oxygen atoms in total. The summed E-state index contributed by atoms with van der Waals surface area (Å²) in [4.78, 5) is 14.7. The number of hydrogen-bond acceptors (Lipinski definition) is 4. The van der Waals surface area contributed by atoms with Crippen molar-refractivity contribution in [2.24, 2.45) is 0 Å². The van der Waals surface area contributed by atoms with E-state index in [9.17, 15) is 4.79 Å². The molecule has 0 saturated heterocycles. The summed E-state index contributed by atoms with van der Waals surface area (Å²) in [5, 5.41) is 6.33. The number of hydrogen-bond donors (Lipinski definition) is 2. The molecule has 1 amide bonds. The summed E-state index contributed by atoms with van der Waals surface area (Å²) in [7, 11) is 0. The third kappa shape index (κ3) is 7.19. The standard InChI is InChI=1S/C22H29N3O2.2ClH/c1-3-25(4-2)11-12-27-21-9-7-18(8-10-21)22(26)24-14-17-5-6-19-15-23-16-20(19)13-17;;/h5-10,13,23H,3-4,11-12,14-16H2,1-2H3,(H,24,26);2*1H. The van der Waals surface area contributed by atoms with Gasteiger partial charge in [0.15, 0.2) is 0 Å². The zero-order valence-electron chi connectivity index (χ0n) is 17.1. The zero-order valence-corrected chi connectivity index (χ0v) is 18.7. The Morgan fingerprint density at radius 1 is 1.03 bits per heavy atom. The van der Waals surface area contributed by atoms with Gasteiger partial charge in [-0.2, -0.15) is 0 Å². The highest BCUT2D eigenvalue weighted by Crippen LogP contribution is 2.17. The number of rotatable bonds is 9. The van der Waals surface area contributed by atoms with Crippen LogP contribution in [0.2, 0.25) is 0 Å². The van der Waals surface area contributed by atoms with Crippen LogP contribution in [0.25, 0.3) is 0 Å². The van der Waals surface area contributed by atoms with Gasteiger partial charge in [0.05, 0.1) is 0 Å². The number of nitrogens with zero attached hydrogens (tertiary/aromatic N) is 1. The maximum Gasteiger partial charge on any atom is 0.251 e. The molecule has 3 rings (SSSR count). The van der Waals surface area contributed by atoms with E-state index in [1.54, 1.807) is 0 Å². The lowest BCUT2D eigenvalue weighted by Crippen LogP contribution is -2.27. The van der Waals surface area contributed by atoms with Gasteiger partial charge in [0.25, 0.3) is 5.91 Å². The molecular weight excluding hydrogens is 409 g/mol. The second-order valence-electron chi connectivity index (χ2n) is 6.79. The second kappa shape index (κ2) is 12.7. The summed E-state index contributed by atoms with van der Waals surface area (Å²) in [6.45, 7) is 10.3. The fourth-order valence-electron chi connectivity index (χ4n) is 3.28. The van der Waals surface area contributed by atoms with E-state index in [4.69, 9.17) is 4.74 Å². The van der Waals surface area contributed by atoms with Crippen molar-refractivity contribution in [2.75, 3.05) is 26.2 Å². The minimum Gasteiger partial charge on any atom is -0.492 e. The van der Waals surface area contributed by atoms with Crippen LogP contribution >= 0.6 is 24.8 Å². The lowest BCUT2D eigenvalue weighted by Gasteiger charge is -2.18. The molecule has 0 spiro atoms. The van der Waals surface area contributed by atoms with Crippen molar-refractivity contribution in [2.45, 2.75) is 33.5 Å². The van der Waals surface area contributed by atoms with Crippen molar-refractivity contribution in [1.82, 2.24) is 15.5 Å². The van der Waals surface area contributed by atoms with Crippen LogP contribution in [0.1, 0.15) is 40.9 Å². The van der Waals surface area contributed by atoms with Crippen LogP contribution in [-0.4, -0.2) is 37.0 Å². The molecule has 0 atom stereocenters. The van der Waals surface area contributed by atoms with Gasteiger partial charge in [-0.1, -0.05) is 32.0 Å². The van der Waals surface area contributed by atoms with E-state index in [0.29, 0.717) is 18.7 Å². The Morgan fingerprint density at radius 3 is 2.41 bits per heavy atom. The van der Waals surface area contributed by atoms with E-state index in [0.717, 1.165) is 44.0 Å². The normalized spacial score (nSPS) is 12.0. The molecule has 2 aromatic carbocycles. The number of benzene rings is 2. The number of likely N-dealkylation sites (N-methyl/N-ethyl adjacent to an activating group) is 1. The molecule has 1 heterocycles. The van der Waals surface area contributed by atoms with Crippen LogP contribution in [0, 0.1) is 0 Å². The maximum atomic E-state index is 12.4. The molecule has 0 fully saturated rings. The number of carbonyl (C=O) groups is 1. The Labute approximate surface area is 186 Å². The molecular formula is C22H31Cl2N3O2. The van der Waals surface area contributed by atoms with Crippen LogP contribution in [0.15, 0.2) is 42.5 Å². The van der Waals surface area contributed by atoms with Gasteiger partial charge in [-0.25, -0.2) is 0 Å². The maximum absolute atomic E-state index is 12.4. The fraction of sp³-hybridized carbons (Fsp3) is 0.409. The van der Waals surface area contributed by atoms with Crippen LogP contribution < -0.4 is 15.4 Å². The molecule has 0 unspecified atom stereocenters. The minimum absolute atomic E-state index is 0. The van der Waals surface area contributed by atoms with E-state index in [-0.39, 0.29) is 30.7 Å². The molecule has 2 aromatic rings. The highest BCUT2D eigenvalue weighted by Gasteiger charge is 2.11. The molecule has 7 heteroatoms. The number of fused-ring (bicyclic) bond motifs is 1. The average Bonchev–Trinajstić information content (AvgIpc) is 3.18. The van der Waals surface area contributed by atoms with Gasteiger partial charge >= 0.3 is 0 Å². The molecule has 0 aromatic heterocycles.